The van der Waals surface area contributed by atoms with Crippen molar-refractivity contribution >= 4 is 0 Å². The summed E-state index contributed by atoms with van der Waals surface area (Å²) in [6, 6.07) is 9.40. The van der Waals surface area contributed by atoms with Gasteiger partial charge in [0.15, 0.2) is 0 Å². The van der Waals surface area contributed by atoms with Gasteiger partial charge in [-0.1, -0.05) is 18.2 Å². The molecule has 2 aromatic rings. The lowest BCUT2D eigenvalue weighted by molar-refractivity contribution is 0.402. The number of pyridine rings is 1. The molecule has 3 N–H and O–H groups in total. The summed E-state index contributed by atoms with van der Waals surface area (Å²) in [6.07, 6.45) is 3.40. The molecule has 5 nitrogen and oxygen atoms in total. The molecule has 100 valence electrons. The Hall–Kier alpha value is -2.11. The molecule has 0 bridgehead atoms. The van der Waals surface area contributed by atoms with Crippen molar-refractivity contribution in [3.05, 3.63) is 53.9 Å². The third-order valence-electron chi connectivity index (χ3n) is 2.92. The summed E-state index contributed by atoms with van der Waals surface area (Å²) in [4.78, 5) is 4.14. The maximum Gasteiger partial charge on any atom is 0.137 e. The smallest absolute Gasteiger partial charge is 0.137 e. The number of nitrogens with one attached hydrogen (secondary N) is 1. The van der Waals surface area contributed by atoms with E-state index in [-0.39, 0.29) is 6.04 Å². The van der Waals surface area contributed by atoms with Gasteiger partial charge in [0.25, 0.3) is 0 Å². The van der Waals surface area contributed by atoms with Gasteiger partial charge in [-0.25, -0.2) is 5.43 Å². The summed E-state index contributed by atoms with van der Waals surface area (Å²) in [5.41, 5.74) is 4.64. The fraction of sp³-hybridized carbons (Fsp3) is 0.214. The van der Waals surface area contributed by atoms with E-state index in [1.165, 1.54) is 0 Å². The van der Waals surface area contributed by atoms with E-state index in [9.17, 15) is 0 Å². The number of methoxy groups -OCH3 is 2. The van der Waals surface area contributed by atoms with Crippen LogP contribution in [0.1, 0.15) is 17.2 Å². The Morgan fingerprint density at radius 2 is 1.95 bits per heavy atom. The lowest BCUT2D eigenvalue weighted by atomic mass is 10.00. The third-order valence-corrected chi connectivity index (χ3v) is 2.92. The second-order valence-electron chi connectivity index (χ2n) is 4.00. The minimum Gasteiger partial charge on any atom is -0.496 e. The van der Waals surface area contributed by atoms with Crippen LogP contribution in [0.25, 0.3) is 0 Å². The third kappa shape index (κ3) is 2.83. The highest BCUT2D eigenvalue weighted by molar-refractivity contribution is 5.42. The number of aromatic nitrogens is 1. The van der Waals surface area contributed by atoms with Crippen molar-refractivity contribution in [3.8, 4) is 11.5 Å². The first-order valence-electron chi connectivity index (χ1n) is 5.88. The van der Waals surface area contributed by atoms with Crippen LogP contribution in [0.3, 0.4) is 0 Å². The maximum atomic E-state index is 5.68. The standard InChI is InChI=1S/C14H17N3O2/c1-18-11-7-10(8-16-9-11)14(17-15)12-5-3-4-6-13(12)19-2/h3-9,14,17H,15H2,1-2H3. The largest absolute Gasteiger partial charge is 0.496 e. The normalized spacial score (nSPS) is 11.9. The van der Waals surface area contributed by atoms with Crippen LogP contribution >= 0.6 is 0 Å². The van der Waals surface area contributed by atoms with E-state index in [4.69, 9.17) is 15.3 Å². The van der Waals surface area contributed by atoms with E-state index >= 15 is 0 Å². The summed E-state index contributed by atoms with van der Waals surface area (Å²) in [7, 11) is 3.24. The fourth-order valence-corrected chi connectivity index (χ4v) is 1.98. The zero-order chi connectivity index (χ0) is 13.7. The van der Waals surface area contributed by atoms with Crippen molar-refractivity contribution in [2.45, 2.75) is 6.04 Å². The number of nitrogens with zero attached hydrogens (tertiary/aromatic N) is 1. The highest BCUT2D eigenvalue weighted by Gasteiger charge is 2.17. The molecule has 0 aliphatic rings. The van der Waals surface area contributed by atoms with E-state index in [1.54, 1.807) is 26.6 Å². The zero-order valence-electron chi connectivity index (χ0n) is 11.0. The molecule has 1 aromatic heterocycles. The number of benzene rings is 1. The summed E-state index contributed by atoms with van der Waals surface area (Å²) in [5, 5.41) is 0. The van der Waals surface area contributed by atoms with Crippen LogP contribution in [0, 0.1) is 0 Å². The molecule has 19 heavy (non-hydrogen) atoms. The number of hydrogen-bond donors (Lipinski definition) is 2. The Balaban J connectivity index is 2.43. The molecule has 0 radical (unpaired) electrons. The molecule has 5 heteroatoms. The molecule has 0 saturated carbocycles. The van der Waals surface area contributed by atoms with Crippen molar-refractivity contribution in [2.24, 2.45) is 5.84 Å². The van der Waals surface area contributed by atoms with Crippen LogP contribution in [-0.2, 0) is 0 Å². The predicted octanol–water partition coefficient (Wildman–Crippen LogP) is 1.65. The number of nitrogens with two attached hydrogens (primary N) is 1. The van der Waals surface area contributed by atoms with E-state index in [1.807, 2.05) is 30.3 Å². The first-order valence-corrected chi connectivity index (χ1v) is 5.88. The summed E-state index contributed by atoms with van der Waals surface area (Å²) >= 11 is 0. The molecule has 0 saturated heterocycles. The summed E-state index contributed by atoms with van der Waals surface area (Å²) < 4.78 is 10.5. The van der Waals surface area contributed by atoms with E-state index < -0.39 is 0 Å². The zero-order valence-corrected chi connectivity index (χ0v) is 11.0. The quantitative estimate of drug-likeness (QED) is 0.631. The summed E-state index contributed by atoms with van der Waals surface area (Å²) in [5.74, 6) is 7.14. The lowest BCUT2D eigenvalue weighted by Crippen LogP contribution is -2.29. The van der Waals surface area contributed by atoms with Crippen molar-refractivity contribution in [1.82, 2.24) is 10.4 Å². The van der Waals surface area contributed by atoms with Gasteiger partial charge in [-0.2, -0.15) is 0 Å². The molecule has 1 unspecified atom stereocenters. The predicted molar refractivity (Wildman–Crippen MR) is 72.9 cm³/mol. The van der Waals surface area contributed by atoms with Crippen molar-refractivity contribution in [3.63, 3.8) is 0 Å². The van der Waals surface area contributed by atoms with E-state index in [2.05, 4.69) is 10.4 Å². The molecule has 1 aromatic carbocycles. The van der Waals surface area contributed by atoms with Crippen molar-refractivity contribution in [1.29, 1.82) is 0 Å². The number of hydrogen-bond acceptors (Lipinski definition) is 5. The highest BCUT2D eigenvalue weighted by atomic mass is 16.5. The Morgan fingerprint density at radius 1 is 1.16 bits per heavy atom. The van der Waals surface area contributed by atoms with Gasteiger partial charge >= 0.3 is 0 Å². The molecule has 0 spiro atoms. The molecule has 1 heterocycles. The molecular weight excluding hydrogens is 242 g/mol. The van der Waals surface area contributed by atoms with Crippen LogP contribution in [-0.4, -0.2) is 19.2 Å². The van der Waals surface area contributed by atoms with Gasteiger partial charge in [0.05, 0.1) is 26.5 Å². The number of para-hydroxylation sites is 1. The van der Waals surface area contributed by atoms with Gasteiger partial charge in [0, 0.05) is 11.8 Å². The molecule has 0 aliphatic heterocycles. The SMILES string of the molecule is COc1cncc(C(NN)c2ccccc2OC)c1. The average Bonchev–Trinajstić information content (AvgIpc) is 2.49. The topological polar surface area (TPSA) is 69.4 Å². The van der Waals surface area contributed by atoms with Gasteiger partial charge in [0.2, 0.25) is 0 Å². The van der Waals surface area contributed by atoms with Crippen molar-refractivity contribution < 1.29 is 9.47 Å². The van der Waals surface area contributed by atoms with Gasteiger partial charge in [-0.05, 0) is 17.7 Å². The minimum absolute atomic E-state index is 0.209. The monoisotopic (exact) mass is 259 g/mol. The molecule has 0 aliphatic carbocycles. The summed E-state index contributed by atoms with van der Waals surface area (Å²) in [6.45, 7) is 0. The van der Waals surface area contributed by atoms with Gasteiger partial charge in [-0.3, -0.25) is 10.8 Å². The number of ether oxygens (including phenoxy) is 2. The number of hydrazine groups is 1. The van der Waals surface area contributed by atoms with Crippen LogP contribution < -0.4 is 20.7 Å². The van der Waals surface area contributed by atoms with Gasteiger partial charge in [-0.15, -0.1) is 0 Å². The van der Waals surface area contributed by atoms with Crippen LogP contribution in [0.2, 0.25) is 0 Å². The first kappa shape index (κ1) is 13.3. The molecular formula is C14H17N3O2. The van der Waals surface area contributed by atoms with Crippen LogP contribution in [0.15, 0.2) is 42.7 Å². The first-order chi connectivity index (χ1) is 9.30. The molecule has 0 fully saturated rings. The number of rotatable bonds is 5. The maximum absolute atomic E-state index is 5.68. The lowest BCUT2D eigenvalue weighted by Gasteiger charge is -2.19. The minimum atomic E-state index is -0.209. The second-order valence-corrected chi connectivity index (χ2v) is 4.00. The van der Waals surface area contributed by atoms with Crippen LogP contribution in [0.4, 0.5) is 0 Å². The highest BCUT2D eigenvalue weighted by Crippen LogP contribution is 2.30. The Bertz CT molecular complexity index is 546. The van der Waals surface area contributed by atoms with Crippen molar-refractivity contribution in [2.75, 3.05) is 14.2 Å². The van der Waals surface area contributed by atoms with E-state index in [0.717, 1.165) is 16.9 Å². The van der Waals surface area contributed by atoms with E-state index in [0.29, 0.717) is 5.75 Å². The fourth-order valence-electron chi connectivity index (χ4n) is 1.98. The molecule has 1 atom stereocenters. The van der Waals surface area contributed by atoms with Gasteiger partial charge in [0.1, 0.15) is 11.5 Å². The Kier molecular flexibility index (Phi) is 4.33. The van der Waals surface area contributed by atoms with Crippen LogP contribution in [0.5, 0.6) is 11.5 Å². The Labute approximate surface area is 112 Å². The Morgan fingerprint density at radius 3 is 2.63 bits per heavy atom. The average molecular weight is 259 g/mol. The molecule has 2 rings (SSSR count). The van der Waals surface area contributed by atoms with Gasteiger partial charge < -0.3 is 9.47 Å². The second kappa shape index (κ2) is 6.17. The molecule has 0 amide bonds.